The Morgan fingerprint density at radius 3 is 2.37 bits per heavy atom. The minimum absolute atomic E-state index is 0.120. The molecule has 0 N–H and O–H groups in total. The van der Waals surface area contributed by atoms with Gasteiger partial charge in [-0.15, -0.1) is 0 Å². The van der Waals surface area contributed by atoms with E-state index in [1.807, 2.05) is 11.9 Å². The fourth-order valence-corrected chi connectivity index (χ4v) is 5.72. The van der Waals surface area contributed by atoms with Crippen molar-refractivity contribution in [1.82, 2.24) is 9.21 Å². The van der Waals surface area contributed by atoms with E-state index in [1.54, 1.807) is 6.92 Å². The molecule has 0 atom stereocenters. The van der Waals surface area contributed by atoms with Gasteiger partial charge in [-0.2, -0.15) is 4.31 Å². The number of esters is 1. The zero-order valence-corrected chi connectivity index (χ0v) is 18.8. The number of carbonyl (C=O) groups excluding carboxylic acids is 2. The van der Waals surface area contributed by atoms with E-state index in [4.69, 9.17) is 9.15 Å². The summed E-state index contributed by atoms with van der Waals surface area (Å²) in [6.07, 6.45) is 5.34. The van der Waals surface area contributed by atoms with E-state index < -0.39 is 16.0 Å². The number of amides is 1. The molecule has 2 heterocycles. The molecule has 0 spiro atoms. The predicted octanol–water partition coefficient (Wildman–Crippen LogP) is 2.89. The van der Waals surface area contributed by atoms with Crippen LogP contribution in [0.4, 0.5) is 0 Å². The molecular formula is C21H32N2O6S. The van der Waals surface area contributed by atoms with Gasteiger partial charge in [0.15, 0.2) is 0 Å². The Kier molecular flexibility index (Phi) is 7.23. The summed E-state index contributed by atoms with van der Waals surface area (Å²) in [7, 11) is -1.97. The Labute approximate surface area is 178 Å². The Morgan fingerprint density at radius 1 is 1.13 bits per heavy atom. The van der Waals surface area contributed by atoms with Crippen molar-refractivity contribution in [1.29, 1.82) is 0 Å². The van der Waals surface area contributed by atoms with E-state index in [0.29, 0.717) is 18.9 Å². The smallest absolute Gasteiger partial charge is 0.374 e. The van der Waals surface area contributed by atoms with Crippen LogP contribution in [0, 0.1) is 11.8 Å². The third kappa shape index (κ3) is 4.88. The molecule has 0 aromatic carbocycles. The lowest BCUT2D eigenvalue weighted by atomic mass is 9.86. The van der Waals surface area contributed by atoms with E-state index in [-0.39, 0.29) is 42.4 Å². The van der Waals surface area contributed by atoms with Gasteiger partial charge < -0.3 is 14.1 Å². The van der Waals surface area contributed by atoms with Gasteiger partial charge in [0.2, 0.25) is 16.8 Å². The van der Waals surface area contributed by atoms with Crippen molar-refractivity contribution >= 4 is 21.9 Å². The van der Waals surface area contributed by atoms with Crippen molar-refractivity contribution in [3.63, 3.8) is 0 Å². The van der Waals surface area contributed by atoms with Crippen molar-refractivity contribution in [2.75, 3.05) is 26.7 Å². The number of carbonyl (C=O) groups is 2. The molecule has 1 aromatic heterocycles. The largest absolute Gasteiger partial charge is 0.460 e. The lowest BCUT2D eigenvalue weighted by Gasteiger charge is -2.37. The highest BCUT2D eigenvalue weighted by Crippen LogP contribution is 2.30. The first-order chi connectivity index (χ1) is 14.2. The third-order valence-corrected chi connectivity index (χ3v) is 8.11. The number of rotatable bonds is 6. The number of ether oxygens (including phenoxy) is 1. The van der Waals surface area contributed by atoms with Crippen molar-refractivity contribution in [3.05, 3.63) is 17.9 Å². The van der Waals surface area contributed by atoms with Gasteiger partial charge in [0.1, 0.15) is 0 Å². The molecule has 3 rings (SSSR count). The first kappa shape index (κ1) is 22.8. The maximum atomic E-state index is 12.9. The Bertz CT molecular complexity index is 849. The molecule has 1 saturated heterocycles. The molecule has 1 aromatic rings. The molecule has 2 fully saturated rings. The van der Waals surface area contributed by atoms with Gasteiger partial charge in [-0.1, -0.05) is 6.92 Å². The summed E-state index contributed by atoms with van der Waals surface area (Å²) in [5, 5.41) is -0.274. The summed E-state index contributed by atoms with van der Waals surface area (Å²) in [5.41, 5.74) is 0. The summed E-state index contributed by atoms with van der Waals surface area (Å²) in [6, 6.07) is 2.87. The van der Waals surface area contributed by atoms with Crippen molar-refractivity contribution < 1.29 is 27.2 Å². The average molecular weight is 441 g/mol. The van der Waals surface area contributed by atoms with Crippen LogP contribution < -0.4 is 0 Å². The summed E-state index contributed by atoms with van der Waals surface area (Å²) in [5.74, 6) is -0.141. The Morgan fingerprint density at radius 2 is 1.77 bits per heavy atom. The van der Waals surface area contributed by atoms with Crippen LogP contribution in [-0.2, 0) is 19.6 Å². The van der Waals surface area contributed by atoms with Crippen LogP contribution in [0.1, 0.15) is 62.9 Å². The molecule has 168 valence electrons. The Balaban J connectivity index is 1.58. The maximum absolute atomic E-state index is 12.9. The lowest BCUT2D eigenvalue weighted by molar-refractivity contribution is -0.138. The molecule has 0 radical (unpaired) electrons. The van der Waals surface area contributed by atoms with Gasteiger partial charge >= 0.3 is 5.97 Å². The molecule has 1 amide bonds. The van der Waals surface area contributed by atoms with E-state index in [0.717, 1.165) is 31.6 Å². The van der Waals surface area contributed by atoms with Gasteiger partial charge in [-0.05, 0) is 63.5 Å². The second-order valence-corrected chi connectivity index (χ2v) is 10.2. The molecule has 0 bridgehead atoms. The van der Waals surface area contributed by atoms with Crippen LogP contribution in [0.2, 0.25) is 0 Å². The molecule has 1 saturated carbocycles. The molecule has 30 heavy (non-hydrogen) atoms. The second kappa shape index (κ2) is 9.51. The minimum Gasteiger partial charge on any atom is -0.460 e. The van der Waals surface area contributed by atoms with Crippen LogP contribution in [0.3, 0.4) is 0 Å². The quantitative estimate of drug-likeness (QED) is 0.631. The van der Waals surface area contributed by atoms with Crippen LogP contribution >= 0.6 is 0 Å². The second-order valence-electron chi connectivity index (χ2n) is 8.38. The van der Waals surface area contributed by atoms with Crippen LogP contribution in [-0.4, -0.2) is 62.3 Å². The molecular weight excluding hydrogens is 408 g/mol. The summed E-state index contributed by atoms with van der Waals surface area (Å²) in [4.78, 5) is 26.5. The van der Waals surface area contributed by atoms with Crippen molar-refractivity contribution in [2.24, 2.45) is 11.8 Å². The summed E-state index contributed by atoms with van der Waals surface area (Å²) >= 11 is 0. The number of furan rings is 1. The fourth-order valence-electron chi connectivity index (χ4n) is 4.34. The first-order valence-electron chi connectivity index (χ1n) is 10.8. The van der Waals surface area contributed by atoms with Gasteiger partial charge in [-0.3, -0.25) is 4.79 Å². The van der Waals surface area contributed by atoms with E-state index in [9.17, 15) is 18.0 Å². The molecule has 0 unspecified atom stereocenters. The standard InChI is InChI=1S/C21H32N2O6S/c1-4-28-21(25)18-9-10-19(29-18)30(26,27)23-13-11-16(12-14-23)20(24)22(3)17-7-5-15(2)6-8-17/h9-10,15-17H,4-8,11-14H2,1-3H3. The maximum Gasteiger partial charge on any atom is 0.374 e. The van der Waals surface area contributed by atoms with Crippen molar-refractivity contribution in [3.8, 4) is 0 Å². The number of piperidine rings is 1. The van der Waals surface area contributed by atoms with Gasteiger partial charge in [0.05, 0.1) is 6.61 Å². The number of sulfonamides is 1. The van der Waals surface area contributed by atoms with Gasteiger partial charge in [-0.25, -0.2) is 13.2 Å². The normalized spacial score (nSPS) is 23.8. The first-order valence-corrected chi connectivity index (χ1v) is 12.2. The molecule has 2 aliphatic rings. The zero-order valence-electron chi connectivity index (χ0n) is 18.0. The molecule has 1 aliphatic carbocycles. The van der Waals surface area contributed by atoms with Crippen LogP contribution in [0.15, 0.2) is 21.6 Å². The number of hydrogen-bond acceptors (Lipinski definition) is 6. The number of nitrogens with zero attached hydrogens (tertiary/aromatic N) is 2. The average Bonchev–Trinajstić information content (AvgIpc) is 3.25. The SMILES string of the molecule is CCOC(=O)c1ccc(S(=O)(=O)N2CCC(C(=O)N(C)C3CCC(C)CC3)CC2)o1. The molecule has 1 aliphatic heterocycles. The highest BCUT2D eigenvalue weighted by atomic mass is 32.2. The topological polar surface area (TPSA) is 97.1 Å². The minimum atomic E-state index is -3.85. The highest BCUT2D eigenvalue weighted by Gasteiger charge is 2.36. The predicted molar refractivity (Wildman–Crippen MR) is 110 cm³/mol. The van der Waals surface area contributed by atoms with Gasteiger partial charge in [0, 0.05) is 32.1 Å². The van der Waals surface area contributed by atoms with Crippen LogP contribution in [0.5, 0.6) is 0 Å². The zero-order chi connectivity index (χ0) is 21.9. The number of hydrogen-bond donors (Lipinski definition) is 0. The molecule has 9 heteroatoms. The van der Waals surface area contributed by atoms with E-state index in [1.165, 1.54) is 16.4 Å². The van der Waals surface area contributed by atoms with Crippen LogP contribution in [0.25, 0.3) is 0 Å². The van der Waals surface area contributed by atoms with Crippen molar-refractivity contribution in [2.45, 2.75) is 63.5 Å². The van der Waals surface area contributed by atoms with Gasteiger partial charge in [0.25, 0.3) is 10.0 Å². The molecule has 8 nitrogen and oxygen atoms in total. The van der Waals surface area contributed by atoms with E-state index >= 15 is 0 Å². The highest BCUT2D eigenvalue weighted by molar-refractivity contribution is 7.89. The fraction of sp³-hybridized carbons (Fsp3) is 0.714. The summed E-state index contributed by atoms with van der Waals surface area (Å²) in [6.45, 7) is 4.60. The Hall–Kier alpha value is -1.87. The van der Waals surface area contributed by atoms with E-state index in [2.05, 4.69) is 6.92 Å². The monoisotopic (exact) mass is 440 g/mol. The lowest BCUT2D eigenvalue weighted by Crippen LogP contribution is -2.46. The summed E-state index contributed by atoms with van der Waals surface area (Å²) < 4.78 is 37.1. The third-order valence-electron chi connectivity index (χ3n) is 6.34.